The lowest BCUT2D eigenvalue weighted by molar-refractivity contribution is 0.111. The quantitative estimate of drug-likeness (QED) is 0.837. The molecule has 0 spiro atoms. The molecule has 1 aliphatic rings. The lowest BCUT2D eigenvalue weighted by Gasteiger charge is -2.33. The number of benzene rings is 1. The van der Waals surface area contributed by atoms with Gasteiger partial charge in [-0.25, -0.2) is 0 Å². The molecule has 1 aromatic heterocycles. The molecule has 5 heteroatoms. The predicted molar refractivity (Wildman–Crippen MR) is 88.4 cm³/mol. The predicted octanol–water partition coefficient (Wildman–Crippen LogP) is 3.93. The minimum absolute atomic E-state index is 0.218. The molecule has 0 radical (unpaired) electrons. The van der Waals surface area contributed by atoms with Gasteiger partial charge in [-0.2, -0.15) is 4.98 Å². The number of methoxy groups -OCH3 is 1. The van der Waals surface area contributed by atoms with Crippen molar-refractivity contribution < 1.29 is 9.26 Å². The van der Waals surface area contributed by atoms with Crippen molar-refractivity contribution in [1.29, 1.82) is 0 Å². The van der Waals surface area contributed by atoms with Crippen LogP contribution < -0.4 is 4.74 Å². The molecule has 1 aliphatic heterocycles. The van der Waals surface area contributed by atoms with Gasteiger partial charge >= 0.3 is 0 Å². The molecule has 3 rings (SSSR count). The van der Waals surface area contributed by atoms with Gasteiger partial charge < -0.3 is 9.26 Å². The summed E-state index contributed by atoms with van der Waals surface area (Å²) < 4.78 is 10.9. The summed E-state index contributed by atoms with van der Waals surface area (Å²) in [5.41, 5.74) is 1.25. The van der Waals surface area contributed by atoms with E-state index in [4.69, 9.17) is 9.26 Å². The Labute approximate surface area is 137 Å². The molecule has 1 atom stereocenters. The van der Waals surface area contributed by atoms with E-state index >= 15 is 0 Å². The smallest absolute Gasteiger partial charge is 0.244 e. The Morgan fingerprint density at radius 2 is 2.22 bits per heavy atom. The van der Waals surface area contributed by atoms with Gasteiger partial charge in [0.15, 0.2) is 5.82 Å². The van der Waals surface area contributed by atoms with E-state index in [9.17, 15) is 0 Å². The van der Waals surface area contributed by atoms with Crippen molar-refractivity contribution in [3.63, 3.8) is 0 Å². The molecule has 1 fully saturated rings. The summed E-state index contributed by atoms with van der Waals surface area (Å²) in [4.78, 5) is 7.06. The number of ether oxygens (including phenoxy) is 1. The molecule has 0 aliphatic carbocycles. The molecule has 0 saturated carbocycles. The van der Waals surface area contributed by atoms with Crippen molar-refractivity contribution in [3.8, 4) is 5.75 Å². The van der Waals surface area contributed by atoms with Gasteiger partial charge in [-0.3, -0.25) is 4.90 Å². The second kappa shape index (κ2) is 7.13. The van der Waals surface area contributed by atoms with Crippen LogP contribution in [0, 0.1) is 0 Å². The summed E-state index contributed by atoms with van der Waals surface area (Å²) in [5.74, 6) is 2.75. The fraction of sp³-hybridized carbons (Fsp3) is 0.556. The Kier molecular flexibility index (Phi) is 4.96. The first-order chi connectivity index (χ1) is 11.2. The average molecular weight is 315 g/mol. The van der Waals surface area contributed by atoms with Crippen LogP contribution in [0.1, 0.15) is 62.3 Å². The molecule has 1 aromatic carbocycles. The van der Waals surface area contributed by atoms with Crippen molar-refractivity contribution in [1.82, 2.24) is 15.0 Å². The SMILES string of the molecule is COc1cccc(CN2CCCC[C@@H]2c2nc(C(C)C)no2)c1. The summed E-state index contributed by atoms with van der Waals surface area (Å²) in [5, 5.41) is 4.13. The van der Waals surface area contributed by atoms with Gasteiger partial charge in [0, 0.05) is 12.5 Å². The van der Waals surface area contributed by atoms with Crippen LogP contribution in [0.5, 0.6) is 5.75 Å². The Morgan fingerprint density at radius 1 is 1.35 bits per heavy atom. The van der Waals surface area contributed by atoms with Gasteiger partial charge in [-0.05, 0) is 37.1 Å². The number of rotatable bonds is 5. The lowest BCUT2D eigenvalue weighted by atomic mass is 10.0. The summed E-state index contributed by atoms with van der Waals surface area (Å²) >= 11 is 0. The third kappa shape index (κ3) is 3.72. The van der Waals surface area contributed by atoms with Gasteiger partial charge in [-0.1, -0.05) is 37.6 Å². The Morgan fingerprint density at radius 3 is 2.96 bits per heavy atom. The molecule has 124 valence electrons. The van der Waals surface area contributed by atoms with Gasteiger partial charge in [0.25, 0.3) is 0 Å². The van der Waals surface area contributed by atoms with Gasteiger partial charge in [-0.15, -0.1) is 0 Å². The number of aromatic nitrogens is 2. The maximum atomic E-state index is 5.55. The third-order valence-electron chi connectivity index (χ3n) is 4.39. The zero-order chi connectivity index (χ0) is 16.2. The normalized spacial score (nSPS) is 19.2. The van der Waals surface area contributed by atoms with Crippen LogP contribution in [0.25, 0.3) is 0 Å². The van der Waals surface area contributed by atoms with Crippen molar-refractivity contribution in [2.75, 3.05) is 13.7 Å². The Bertz CT molecular complexity index is 639. The van der Waals surface area contributed by atoms with Gasteiger partial charge in [0.05, 0.1) is 13.2 Å². The van der Waals surface area contributed by atoms with E-state index in [0.717, 1.165) is 37.0 Å². The van der Waals surface area contributed by atoms with Crippen LogP contribution in [0.3, 0.4) is 0 Å². The summed E-state index contributed by atoms with van der Waals surface area (Å²) in [6.07, 6.45) is 3.49. The first kappa shape index (κ1) is 16.0. The second-order valence-electron chi connectivity index (χ2n) is 6.48. The second-order valence-corrected chi connectivity index (χ2v) is 6.48. The minimum atomic E-state index is 0.218. The molecule has 0 amide bonds. The molecule has 23 heavy (non-hydrogen) atoms. The van der Waals surface area contributed by atoms with E-state index < -0.39 is 0 Å². The molecular formula is C18H25N3O2. The monoisotopic (exact) mass is 315 g/mol. The molecule has 0 N–H and O–H groups in total. The van der Waals surface area contributed by atoms with Crippen molar-refractivity contribution in [3.05, 3.63) is 41.5 Å². The fourth-order valence-corrected chi connectivity index (χ4v) is 3.08. The Balaban J connectivity index is 1.77. The lowest BCUT2D eigenvalue weighted by Crippen LogP contribution is -2.33. The molecule has 2 heterocycles. The first-order valence-corrected chi connectivity index (χ1v) is 8.38. The highest BCUT2D eigenvalue weighted by Gasteiger charge is 2.29. The molecule has 0 unspecified atom stereocenters. The largest absolute Gasteiger partial charge is 0.497 e. The highest BCUT2D eigenvalue weighted by molar-refractivity contribution is 5.28. The molecule has 1 saturated heterocycles. The number of hydrogen-bond acceptors (Lipinski definition) is 5. The highest BCUT2D eigenvalue weighted by atomic mass is 16.5. The highest BCUT2D eigenvalue weighted by Crippen LogP contribution is 2.32. The van der Waals surface area contributed by atoms with Crippen LogP contribution in [0.15, 0.2) is 28.8 Å². The van der Waals surface area contributed by atoms with E-state index in [1.54, 1.807) is 7.11 Å². The first-order valence-electron chi connectivity index (χ1n) is 8.38. The average Bonchev–Trinajstić information content (AvgIpc) is 3.06. The van der Waals surface area contributed by atoms with Crippen molar-refractivity contribution in [2.24, 2.45) is 0 Å². The number of likely N-dealkylation sites (tertiary alicyclic amines) is 1. The van der Waals surface area contributed by atoms with Crippen LogP contribution >= 0.6 is 0 Å². The van der Waals surface area contributed by atoms with E-state index in [0.29, 0.717) is 5.92 Å². The number of hydrogen-bond donors (Lipinski definition) is 0. The van der Waals surface area contributed by atoms with E-state index in [-0.39, 0.29) is 6.04 Å². The molecule has 2 aromatic rings. The van der Waals surface area contributed by atoms with Crippen molar-refractivity contribution in [2.45, 2.75) is 51.6 Å². The summed E-state index contributed by atoms with van der Waals surface area (Å²) in [7, 11) is 1.70. The maximum Gasteiger partial charge on any atom is 0.244 e. The van der Waals surface area contributed by atoms with Crippen LogP contribution in [-0.4, -0.2) is 28.7 Å². The van der Waals surface area contributed by atoms with Gasteiger partial charge in [0.2, 0.25) is 5.89 Å². The van der Waals surface area contributed by atoms with Crippen LogP contribution in [0.2, 0.25) is 0 Å². The number of nitrogens with zero attached hydrogens (tertiary/aromatic N) is 3. The Hall–Kier alpha value is -1.88. The third-order valence-corrected chi connectivity index (χ3v) is 4.39. The zero-order valence-electron chi connectivity index (χ0n) is 14.2. The van der Waals surface area contributed by atoms with E-state index in [1.807, 2.05) is 12.1 Å². The number of piperidine rings is 1. The fourth-order valence-electron chi connectivity index (χ4n) is 3.08. The molecule has 0 bridgehead atoms. The van der Waals surface area contributed by atoms with Crippen LogP contribution in [0.4, 0.5) is 0 Å². The summed E-state index contributed by atoms with van der Waals surface area (Å²) in [6.45, 7) is 6.11. The standard InChI is InChI=1S/C18H25N3O2/c1-13(2)17-19-18(23-20-17)16-9-4-5-10-21(16)12-14-7-6-8-15(11-14)22-3/h6-8,11,13,16H,4-5,9-10,12H2,1-3H3/t16-/m1/s1. The molecular weight excluding hydrogens is 290 g/mol. The minimum Gasteiger partial charge on any atom is -0.497 e. The summed E-state index contributed by atoms with van der Waals surface area (Å²) in [6, 6.07) is 8.47. The molecule has 5 nitrogen and oxygen atoms in total. The maximum absolute atomic E-state index is 5.55. The van der Waals surface area contributed by atoms with Crippen molar-refractivity contribution >= 4 is 0 Å². The van der Waals surface area contributed by atoms with Gasteiger partial charge in [0.1, 0.15) is 5.75 Å². The van der Waals surface area contributed by atoms with E-state index in [2.05, 4.69) is 41.0 Å². The zero-order valence-corrected chi connectivity index (χ0v) is 14.2. The van der Waals surface area contributed by atoms with Crippen LogP contribution in [-0.2, 0) is 6.54 Å². The van der Waals surface area contributed by atoms with E-state index in [1.165, 1.54) is 18.4 Å². The topological polar surface area (TPSA) is 51.4 Å².